The van der Waals surface area contributed by atoms with Gasteiger partial charge in [0.15, 0.2) is 23.0 Å². The number of amides is 3. The molecule has 0 aliphatic carbocycles. The van der Waals surface area contributed by atoms with Crippen LogP contribution in [-0.2, 0) is 39.3 Å². The van der Waals surface area contributed by atoms with E-state index < -0.39 is 29.3 Å². The van der Waals surface area contributed by atoms with Crippen molar-refractivity contribution in [1.29, 1.82) is 0 Å². The number of likely N-dealkylation sites (tertiary alicyclic amines) is 1. The van der Waals surface area contributed by atoms with E-state index in [2.05, 4.69) is 10.6 Å². The summed E-state index contributed by atoms with van der Waals surface area (Å²) >= 11 is 0. The second kappa shape index (κ2) is 8.72. The number of hydrogen-bond acceptors (Lipinski definition) is 8. The average molecular weight is 542 g/mol. The van der Waals surface area contributed by atoms with Gasteiger partial charge < -0.3 is 25.0 Å². The minimum atomic E-state index is -1.43. The number of hydrogen-bond donors (Lipinski definition) is 4. The van der Waals surface area contributed by atoms with Gasteiger partial charge in [-0.25, -0.2) is 0 Å². The zero-order valence-electron chi connectivity index (χ0n) is 21.6. The van der Waals surface area contributed by atoms with E-state index in [1.165, 1.54) is 17.0 Å². The molecule has 0 saturated carbocycles. The van der Waals surface area contributed by atoms with Gasteiger partial charge in [0, 0.05) is 17.3 Å². The molecule has 0 radical (unpaired) electrons. The van der Waals surface area contributed by atoms with Crippen molar-refractivity contribution in [3.05, 3.63) is 76.9 Å². The van der Waals surface area contributed by atoms with E-state index in [4.69, 9.17) is 9.47 Å². The molecule has 0 aromatic heterocycles. The number of imide groups is 1. The smallest absolute Gasteiger partial charge is 0.250 e. The summed E-state index contributed by atoms with van der Waals surface area (Å²) in [4.78, 5) is 43.2. The lowest BCUT2D eigenvalue weighted by Crippen LogP contribution is -2.53. The van der Waals surface area contributed by atoms with E-state index in [1.54, 1.807) is 24.3 Å². The van der Waals surface area contributed by atoms with Gasteiger partial charge in [-0.15, -0.1) is 0 Å². The molecule has 1 spiro atoms. The van der Waals surface area contributed by atoms with Crippen LogP contribution < -0.4 is 20.1 Å². The van der Waals surface area contributed by atoms with Crippen LogP contribution in [-0.4, -0.2) is 45.7 Å². The Morgan fingerprint density at radius 1 is 0.900 bits per heavy atom. The molecule has 4 aliphatic rings. The summed E-state index contributed by atoms with van der Waals surface area (Å²) in [5.41, 5.74) is 2.22. The van der Waals surface area contributed by atoms with Crippen LogP contribution in [0.15, 0.2) is 54.6 Å². The molecule has 4 aliphatic heterocycles. The van der Waals surface area contributed by atoms with E-state index in [1.807, 2.05) is 25.1 Å². The van der Waals surface area contributed by atoms with Gasteiger partial charge in [0.05, 0.1) is 18.4 Å². The number of anilines is 1. The van der Waals surface area contributed by atoms with Crippen molar-refractivity contribution >= 4 is 23.4 Å². The minimum absolute atomic E-state index is 0.0353. The second-order valence-electron chi connectivity index (χ2n) is 10.7. The molecule has 4 heterocycles. The minimum Gasteiger partial charge on any atom is -0.504 e. The van der Waals surface area contributed by atoms with Gasteiger partial charge >= 0.3 is 0 Å². The number of carbonyl (C=O) groups is 3. The third-order valence-electron chi connectivity index (χ3n) is 8.55. The zero-order valence-corrected chi connectivity index (χ0v) is 21.6. The van der Waals surface area contributed by atoms with Gasteiger partial charge in [-0.3, -0.25) is 24.6 Å². The molecule has 10 nitrogen and oxygen atoms in total. The molecule has 3 aromatic rings. The molecule has 40 heavy (non-hydrogen) atoms. The Morgan fingerprint density at radius 2 is 1.68 bits per heavy atom. The number of fused-ring (bicyclic) bond motifs is 5. The molecule has 4 N–H and O–H groups in total. The maximum Gasteiger partial charge on any atom is 0.250 e. The molecule has 204 valence electrons. The van der Waals surface area contributed by atoms with Gasteiger partial charge in [0.25, 0.3) is 0 Å². The van der Waals surface area contributed by atoms with Gasteiger partial charge in [0.2, 0.25) is 24.5 Å². The molecule has 7 rings (SSSR count). The van der Waals surface area contributed by atoms with Crippen LogP contribution in [0.25, 0.3) is 0 Å². The quantitative estimate of drug-likeness (QED) is 0.286. The lowest BCUT2D eigenvalue weighted by Gasteiger charge is -2.30. The van der Waals surface area contributed by atoms with Crippen LogP contribution in [0.1, 0.15) is 29.2 Å². The van der Waals surface area contributed by atoms with Crippen molar-refractivity contribution in [3.63, 3.8) is 0 Å². The summed E-state index contributed by atoms with van der Waals surface area (Å²) in [6.07, 6.45) is 0.995. The summed E-state index contributed by atoms with van der Waals surface area (Å²) in [6, 6.07) is 14.9. The monoisotopic (exact) mass is 541 g/mol. The van der Waals surface area contributed by atoms with Gasteiger partial charge in [0.1, 0.15) is 5.54 Å². The molecule has 4 atom stereocenters. The topological polar surface area (TPSA) is 137 Å². The summed E-state index contributed by atoms with van der Waals surface area (Å²) in [6.45, 7) is 2.16. The number of nitrogens with one attached hydrogen (secondary N) is 2. The zero-order chi connectivity index (χ0) is 27.8. The van der Waals surface area contributed by atoms with Crippen LogP contribution in [0.3, 0.4) is 0 Å². The Labute approximate surface area is 229 Å². The predicted molar refractivity (Wildman–Crippen MR) is 142 cm³/mol. The Hall–Kier alpha value is -4.57. The lowest BCUT2D eigenvalue weighted by molar-refractivity contribution is -0.143. The highest BCUT2D eigenvalue weighted by Crippen LogP contribution is 2.54. The van der Waals surface area contributed by atoms with Crippen molar-refractivity contribution in [1.82, 2.24) is 10.2 Å². The first-order valence-electron chi connectivity index (χ1n) is 13.3. The van der Waals surface area contributed by atoms with Crippen LogP contribution >= 0.6 is 0 Å². The van der Waals surface area contributed by atoms with E-state index in [0.717, 1.165) is 12.0 Å². The number of rotatable bonds is 5. The highest BCUT2D eigenvalue weighted by molar-refractivity contribution is 6.15. The van der Waals surface area contributed by atoms with Crippen LogP contribution in [0, 0.1) is 11.8 Å². The largest absolute Gasteiger partial charge is 0.504 e. The Balaban J connectivity index is 1.31. The molecule has 10 heteroatoms. The molecular formula is C30H27N3O7. The normalized spacial score (nSPS) is 26.0. The molecule has 3 amide bonds. The third-order valence-corrected chi connectivity index (χ3v) is 8.55. The Kier molecular flexibility index (Phi) is 5.33. The lowest BCUT2D eigenvalue weighted by atomic mass is 9.76. The van der Waals surface area contributed by atoms with E-state index >= 15 is 0 Å². The number of ether oxygens (including phenoxy) is 2. The average Bonchev–Trinajstić information content (AvgIpc) is 3.67. The summed E-state index contributed by atoms with van der Waals surface area (Å²) in [5.74, 6) is -2.31. The van der Waals surface area contributed by atoms with Gasteiger partial charge in [-0.2, -0.15) is 0 Å². The number of phenols is 2. The number of aryl methyl sites for hydroxylation is 1. The molecular weight excluding hydrogens is 514 g/mol. The number of phenolic OH excluding ortho intramolecular Hbond substituents is 2. The highest BCUT2D eigenvalue weighted by atomic mass is 16.7. The third kappa shape index (κ3) is 3.42. The van der Waals surface area contributed by atoms with Crippen molar-refractivity contribution in [2.45, 2.75) is 37.9 Å². The second-order valence-corrected chi connectivity index (χ2v) is 10.7. The van der Waals surface area contributed by atoms with Crippen LogP contribution in [0.2, 0.25) is 0 Å². The first-order valence-corrected chi connectivity index (χ1v) is 13.3. The summed E-state index contributed by atoms with van der Waals surface area (Å²) in [5, 5.41) is 26.2. The fourth-order valence-corrected chi connectivity index (χ4v) is 6.63. The summed E-state index contributed by atoms with van der Waals surface area (Å²) in [7, 11) is 0. The number of nitrogens with zero attached hydrogens (tertiary/aromatic N) is 1. The molecule has 0 unspecified atom stereocenters. The first-order chi connectivity index (χ1) is 19.3. The van der Waals surface area contributed by atoms with E-state index in [-0.39, 0.29) is 43.1 Å². The maximum atomic E-state index is 14.2. The SMILES string of the molecule is CCc1ccc2c(c1)[C@@]1(N[C@H](Cc3ccc(O)c(O)c3)[C@H]3C(=O)N(Cc4ccc5c(c4)OCO5)C(=O)[C@@H]31)C(=O)N2. The highest BCUT2D eigenvalue weighted by Gasteiger charge is 2.70. The first kappa shape index (κ1) is 24.5. The van der Waals surface area contributed by atoms with Crippen molar-refractivity contribution in [2.75, 3.05) is 12.1 Å². The van der Waals surface area contributed by atoms with Crippen LogP contribution in [0.5, 0.6) is 23.0 Å². The van der Waals surface area contributed by atoms with Crippen LogP contribution in [0.4, 0.5) is 5.69 Å². The number of carbonyl (C=O) groups excluding carboxylic acids is 3. The Morgan fingerprint density at radius 3 is 2.48 bits per heavy atom. The van der Waals surface area contributed by atoms with Crippen molar-refractivity contribution < 1.29 is 34.1 Å². The molecule has 3 aromatic carbocycles. The maximum absolute atomic E-state index is 14.2. The molecule has 2 fully saturated rings. The van der Waals surface area contributed by atoms with E-state index in [9.17, 15) is 24.6 Å². The van der Waals surface area contributed by atoms with Crippen molar-refractivity contribution in [3.8, 4) is 23.0 Å². The predicted octanol–water partition coefficient (Wildman–Crippen LogP) is 2.55. The summed E-state index contributed by atoms with van der Waals surface area (Å²) < 4.78 is 10.9. The van der Waals surface area contributed by atoms with Gasteiger partial charge in [-0.1, -0.05) is 31.2 Å². The Bertz CT molecular complexity index is 1600. The molecule has 0 bridgehead atoms. The van der Waals surface area contributed by atoms with E-state index in [0.29, 0.717) is 33.9 Å². The van der Waals surface area contributed by atoms with Crippen molar-refractivity contribution in [2.24, 2.45) is 11.8 Å². The fraction of sp³-hybridized carbons (Fsp3) is 0.300. The fourth-order valence-electron chi connectivity index (χ4n) is 6.63. The number of aromatic hydroxyl groups is 2. The van der Waals surface area contributed by atoms with Gasteiger partial charge in [-0.05, 0) is 59.9 Å². The standard InChI is InChI=1S/C30H27N3O7/c1-2-15-3-6-19-18(9-15)30(29(38)31-19)26-25(20(32-30)10-16-4-7-21(34)22(35)11-16)27(36)33(28(26)37)13-17-5-8-23-24(12-17)40-14-39-23/h3-9,11-12,20,25-26,32,34-35H,2,10,13-14H2,1H3,(H,31,38)/t20-,25-,26-,30+/m1/s1. The number of benzene rings is 3. The molecule has 2 saturated heterocycles.